The van der Waals surface area contributed by atoms with Crippen LogP contribution in [0.15, 0.2) is 41.7 Å². The minimum atomic E-state index is -3.94. The van der Waals surface area contributed by atoms with Crippen molar-refractivity contribution in [3.05, 3.63) is 48.0 Å². The van der Waals surface area contributed by atoms with Crippen molar-refractivity contribution in [2.24, 2.45) is 11.8 Å². The predicted molar refractivity (Wildman–Crippen MR) is 131 cm³/mol. The van der Waals surface area contributed by atoms with Gasteiger partial charge in [0.1, 0.15) is 22.4 Å². The summed E-state index contributed by atoms with van der Waals surface area (Å²) in [4.78, 5) is 22.4. The van der Waals surface area contributed by atoms with E-state index in [0.717, 1.165) is 0 Å². The number of likely N-dealkylation sites (N-methyl/N-ethyl adjacent to an activating group) is 1. The Balaban J connectivity index is 2.02. The van der Waals surface area contributed by atoms with E-state index in [1.807, 2.05) is 20.8 Å². The molecule has 2 heterocycles. The van der Waals surface area contributed by atoms with Crippen LogP contribution < -0.4 is 4.74 Å². The van der Waals surface area contributed by atoms with E-state index in [1.54, 1.807) is 26.1 Å². The normalized spacial score (nSPS) is 20.4. The lowest BCUT2D eigenvalue weighted by molar-refractivity contribution is 0.0559. The van der Waals surface area contributed by atoms with Crippen LogP contribution in [0.1, 0.15) is 43.7 Å². The summed E-state index contributed by atoms with van der Waals surface area (Å²) in [6.45, 7) is 7.46. The number of aromatic nitrogens is 2. The number of carbonyl (C=O) groups is 1. The van der Waals surface area contributed by atoms with E-state index in [4.69, 9.17) is 4.74 Å². The fourth-order valence-corrected chi connectivity index (χ4v) is 5.53. The largest absolute Gasteiger partial charge is 0.487 e. The maximum absolute atomic E-state index is 13.5. The lowest BCUT2D eigenvalue weighted by Gasteiger charge is -2.37. The number of nitrogens with zero attached hydrogens (tertiary/aromatic N) is 4. The van der Waals surface area contributed by atoms with E-state index < -0.39 is 22.2 Å². The molecule has 1 aliphatic rings. The molecule has 1 amide bonds. The van der Waals surface area contributed by atoms with Gasteiger partial charge in [0.05, 0.1) is 19.3 Å². The Morgan fingerprint density at radius 2 is 2.06 bits per heavy atom. The standard InChI is InChI=1S/C25H32N4O5S/c1-17(2)6-7-20-8-9-24-22(12-20)34-23(15-28(5)25(31)21-13-26-10-11-27-21)18(3)14-29(19(4)16-30)35(24,32)33/h8-13,17-19,23,30H,14-16H2,1-5H3/t18-,19+,23+/m1/s1. The van der Waals surface area contributed by atoms with Gasteiger partial charge < -0.3 is 14.7 Å². The van der Waals surface area contributed by atoms with Crippen molar-refractivity contribution in [2.75, 3.05) is 26.7 Å². The van der Waals surface area contributed by atoms with Gasteiger partial charge in [-0.05, 0) is 25.1 Å². The van der Waals surface area contributed by atoms with Gasteiger partial charge >= 0.3 is 0 Å². The number of fused-ring (bicyclic) bond motifs is 1. The molecule has 10 heteroatoms. The molecule has 0 saturated heterocycles. The smallest absolute Gasteiger partial charge is 0.273 e. The van der Waals surface area contributed by atoms with Crippen molar-refractivity contribution in [1.29, 1.82) is 0 Å². The molecule has 1 N–H and O–H groups in total. The Morgan fingerprint density at radius 3 is 2.69 bits per heavy atom. The van der Waals surface area contributed by atoms with Gasteiger partial charge in [0.2, 0.25) is 10.0 Å². The van der Waals surface area contributed by atoms with Gasteiger partial charge in [-0.3, -0.25) is 9.78 Å². The Labute approximate surface area is 207 Å². The van der Waals surface area contributed by atoms with Crippen molar-refractivity contribution >= 4 is 15.9 Å². The van der Waals surface area contributed by atoms with Crippen molar-refractivity contribution in [3.8, 4) is 17.6 Å². The van der Waals surface area contributed by atoms with Crippen LogP contribution in [0.25, 0.3) is 0 Å². The van der Waals surface area contributed by atoms with E-state index >= 15 is 0 Å². The SMILES string of the molecule is CC(C)C#Cc1ccc2c(c1)O[C@@H](CN(C)C(=O)c1cnccn1)[C@H](C)CN([C@@H](C)CO)S2(=O)=O. The minimum Gasteiger partial charge on any atom is -0.487 e. The average Bonchev–Trinajstić information content (AvgIpc) is 2.84. The zero-order valence-corrected chi connectivity index (χ0v) is 21.5. The third-order valence-corrected chi connectivity index (χ3v) is 7.77. The summed E-state index contributed by atoms with van der Waals surface area (Å²) in [5, 5.41) is 9.77. The van der Waals surface area contributed by atoms with Crippen LogP contribution in [0.2, 0.25) is 0 Å². The molecular weight excluding hydrogens is 468 g/mol. The third-order valence-electron chi connectivity index (χ3n) is 5.76. The summed E-state index contributed by atoms with van der Waals surface area (Å²) < 4.78 is 34.7. The number of rotatable bonds is 5. The molecule has 9 nitrogen and oxygen atoms in total. The molecular formula is C25H32N4O5S. The zero-order valence-electron chi connectivity index (χ0n) is 20.7. The van der Waals surface area contributed by atoms with Gasteiger partial charge in [-0.1, -0.05) is 32.6 Å². The second-order valence-corrected chi connectivity index (χ2v) is 11.0. The molecule has 0 radical (unpaired) electrons. The Hall–Kier alpha value is -3.00. The molecule has 0 fully saturated rings. The van der Waals surface area contributed by atoms with Crippen LogP contribution in [-0.2, 0) is 10.0 Å². The van der Waals surface area contributed by atoms with Gasteiger partial charge in [-0.15, -0.1) is 0 Å². The molecule has 3 atom stereocenters. The first kappa shape index (κ1) is 26.6. The van der Waals surface area contributed by atoms with E-state index in [1.165, 1.54) is 33.9 Å². The van der Waals surface area contributed by atoms with Gasteiger partial charge in [-0.25, -0.2) is 13.4 Å². The third kappa shape index (κ3) is 6.17. The van der Waals surface area contributed by atoms with E-state index in [2.05, 4.69) is 21.8 Å². The van der Waals surface area contributed by atoms with Gasteiger partial charge in [-0.2, -0.15) is 4.31 Å². The summed E-state index contributed by atoms with van der Waals surface area (Å²) in [7, 11) is -2.30. The molecule has 0 bridgehead atoms. The molecule has 0 unspecified atom stereocenters. The number of aliphatic hydroxyl groups excluding tert-OH is 1. The lowest BCUT2D eigenvalue weighted by Crippen LogP contribution is -2.50. The van der Waals surface area contributed by atoms with Crippen molar-refractivity contribution in [3.63, 3.8) is 0 Å². The highest BCUT2D eigenvalue weighted by atomic mass is 32.2. The molecule has 1 aromatic heterocycles. The van der Waals surface area contributed by atoms with Crippen LogP contribution in [0, 0.1) is 23.7 Å². The zero-order chi connectivity index (χ0) is 25.8. The van der Waals surface area contributed by atoms with Gasteiger partial charge in [0, 0.05) is 49.4 Å². The highest BCUT2D eigenvalue weighted by Gasteiger charge is 2.38. The van der Waals surface area contributed by atoms with Crippen LogP contribution in [0.4, 0.5) is 0 Å². The minimum absolute atomic E-state index is 0.00713. The average molecular weight is 501 g/mol. The van der Waals surface area contributed by atoms with Crippen LogP contribution in [0.3, 0.4) is 0 Å². The summed E-state index contributed by atoms with van der Waals surface area (Å²) in [5.74, 6) is 5.83. The Kier molecular flexibility index (Phi) is 8.48. The molecule has 2 aromatic rings. The molecule has 0 spiro atoms. The second kappa shape index (κ2) is 11.2. The van der Waals surface area contributed by atoms with Crippen molar-refractivity contribution in [1.82, 2.24) is 19.2 Å². The van der Waals surface area contributed by atoms with Crippen molar-refractivity contribution in [2.45, 2.75) is 44.7 Å². The number of carbonyl (C=O) groups excluding carboxylic acids is 1. The number of sulfonamides is 1. The molecule has 0 aliphatic carbocycles. The van der Waals surface area contributed by atoms with Gasteiger partial charge in [0.15, 0.2) is 0 Å². The van der Waals surface area contributed by atoms with Gasteiger partial charge in [0.25, 0.3) is 5.91 Å². The molecule has 188 valence electrons. The number of hydrogen-bond acceptors (Lipinski definition) is 7. The van der Waals surface area contributed by atoms with Crippen LogP contribution in [-0.4, -0.2) is 77.5 Å². The monoisotopic (exact) mass is 500 g/mol. The first-order chi connectivity index (χ1) is 16.5. The van der Waals surface area contributed by atoms with Crippen molar-refractivity contribution < 1.29 is 23.1 Å². The maximum Gasteiger partial charge on any atom is 0.273 e. The van der Waals surface area contributed by atoms with E-state index in [9.17, 15) is 18.3 Å². The first-order valence-corrected chi connectivity index (χ1v) is 12.9. The highest BCUT2D eigenvalue weighted by molar-refractivity contribution is 7.89. The fraction of sp³-hybridized carbons (Fsp3) is 0.480. The molecule has 3 rings (SSSR count). The lowest BCUT2D eigenvalue weighted by atomic mass is 10.0. The summed E-state index contributed by atoms with van der Waals surface area (Å²) in [5.41, 5.74) is 0.837. The quantitative estimate of drug-likeness (QED) is 0.625. The second-order valence-electron chi connectivity index (χ2n) is 9.10. The molecule has 35 heavy (non-hydrogen) atoms. The summed E-state index contributed by atoms with van der Waals surface area (Å²) >= 11 is 0. The highest BCUT2D eigenvalue weighted by Crippen LogP contribution is 2.34. The Morgan fingerprint density at radius 1 is 1.31 bits per heavy atom. The van der Waals surface area contributed by atoms with Crippen LogP contribution >= 0.6 is 0 Å². The summed E-state index contributed by atoms with van der Waals surface area (Å²) in [6.07, 6.45) is 3.81. The molecule has 0 saturated carbocycles. The van der Waals surface area contributed by atoms with E-state index in [0.29, 0.717) is 5.56 Å². The maximum atomic E-state index is 13.5. The number of benzene rings is 1. The number of aliphatic hydroxyl groups is 1. The Bertz CT molecular complexity index is 1210. The topological polar surface area (TPSA) is 113 Å². The number of hydrogen-bond donors (Lipinski definition) is 1. The molecule has 1 aromatic carbocycles. The predicted octanol–water partition coefficient (Wildman–Crippen LogP) is 2.02. The number of amides is 1. The van der Waals surface area contributed by atoms with E-state index in [-0.39, 0.29) is 53.8 Å². The molecule has 1 aliphatic heterocycles. The number of ether oxygens (including phenoxy) is 1. The fourth-order valence-electron chi connectivity index (χ4n) is 3.71. The summed E-state index contributed by atoms with van der Waals surface area (Å²) in [6, 6.07) is 4.14. The first-order valence-electron chi connectivity index (χ1n) is 11.5. The van der Waals surface area contributed by atoms with Crippen LogP contribution in [0.5, 0.6) is 5.75 Å².